The summed E-state index contributed by atoms with van der Waals surface area (Å²) in [5, 5.41) is 0. The molecule has 0 spiro atoms. The number of carbonyl (C=O) groups is 2. The summed E-state index contributed by atoms with van der Waals surface area (Å²) in [6.07, 6.45) is 0. The molecule has 4 rings (SSSR count). The maximum absolute atomic E-state index is 13.3. The molecule has 0 aliphatic carbocycles. The van der Waals surface area contributed by atoms with E-state index in [0.717, 1.165) is 21.2 Å². The van der Waals surface area contributed by atoms with Gasteiger partial charge in [0.2, 0.25) is 0 Å². The number of benzene rings is 3. The van der Waals surface area contributed by atoms with Gasteiger partial charge in [-0.3, -0.25) is 14.5 Å². The molecule has 1 aliphatic heterocycles. The maximum atomic E-state index is 13.3. The van der Waals surface area contributed by atoms with Gasteiger partial charge in [0.15, 0.2) is 0 Å². The Morgan fingerprint density at radius 3 is 2.19 bits per heavy atom. The van der Waals surface area contributed by atoms with Crippen LogP contribution in [0.25, 0.3) is 11.1 Å². The zero-order valence-corrected chi connectivity index (χ0v) is 15.2. The second-order valence-corrected chi connectivity index (χ2v) is 6.97. The van der Waals surface area contributed by atoms with E-state index in [4.69, 9.17) is 0 Å². The number of fused-ring (bicyclic) bond motifs is 1. The fourth-order valence-electron chi connectivity index (χ4n) is 3.14. The first-order valence-electron chi connectivity index (χ1n) is 8.04. The van der Waals surface area contributed by atoms with Crippen molar-refractivity contribution in [3.8, 4) is 11.1 Å². The topological polar surface area (TPSA) is 37.4 Å². The van der Waals surface area contributed by atoms with E-state index in [1.54, 1.807) is 24.3 Å². The van der Waals surface area contributed by atoms with Crippen LogP contribution in [-0.2, 0) is 11.3 Å². The van der Waals surface area contributed by atoms with Crippen molar-refractivity contribution in [3.63, 3.8) is 0 Å². The third kappa shape index (κ3) is 2.84. The molecule has 0 radical (unpaired) electrons. The molecular formula is C21H13BrFNO2. The second-order valence-electron chi connectivity index (χ2n) is 6.06. The maximum Gasteiger partial charge on any atom is 0.299 e. The summed E-state index contributed by atoms with van der Waals surface area (Å²) >= 11 is 3.39. The van der Waals surface area contributed by atoms with Crippen molar-refractivity contribution >= 4 is 33.3 Å². The monoisotopic (exact) mass is 409 g/mol. The van der Waals surface area contributed by atoms with Crippen LogP contribution in [0.4, 0.5) is 10.1 Å². The normalized spacial score (nSPS) is 13.2. The first-order chi connectivity index (χ1) is 12.5. The van der Waals surface area contributed by atoms with Crippen LogP contribution < -0.4 is 4.90 Å². The molecule has 3 aromatic rings. The van der Waals surface area contributed by atoms with E-state index in [0.29, 0.717) is 17.8 Å². The molecule has 0 unspecified atom stereocenters. The third-order valence-corrected chi connectivity index (χ3v) is 4.93. The van der Waals surface area contributed by atoms with E-state index in [-0.39, 0.29) is 5.82 Å². The zero-order valence-electron chi connectivity index (χ0n) is 13.6. The second kappa shape index (κ2) is 6.50. The number of hydrogen-bond donors (Lipinski definition) is 0. The lowest BCUT2D eigenvalue weighted by Crippen LogP contribution is -2.29. The van der Waals surface area contributed by atoms with Gasteiger partial charge in [0.25, 0.3) is 11.7 Å². The number of halogens is 2. The van der Waals surface area contributed by atoms with Gasteiger partial charge in [0, 0.05) is 10.0 Å². The van der Waals surface area contributed by atoms with E-state index in [2.05, 4.69) is 15.9 Å². The quantitative estimate of drug-likeness (QED) is 0.571. The number of nitrogens with zero attached hydrogens (tertiary/aromatic N) is 1. The molecule has 0 fully saturated rings. The number of carbonyl (C=O) groups excluding carboxylic acids is 2. The molecule has 0 atom stereocenters. The first kappa shape index (κ1) is 16.7. The molecule has 3 nitrogen and oxygen atoms in total. The van der Waals surface area contributed by atoms with Crippen LogP contribution in [0.5, 0.6) is 0 Å². The van der Waals surface area contributed by atoms with E-state index < -0.39 is 11.7 Å². The molecule has 1 heterocycles. The van der Waals surface area contributed by atoms with Crippen molar-refractivity contribution in [2.24, 2.45) is 0 Å². The highest BCUT2D eigenvalue weighted by Gasteiger charge is 2.37. The lowest BCUT2D eigenvalue weighted by molar-refractivity contribution is -0.114. The molecule has 1 aliphatic rings. The lowest BCUT2D eigenvalue weighted by Gasteiger charge is -2.20. The molecule has 26 heavy (non-hydrogen) atoms. The number of Topliss-reactive ketones (excluding diaryl/α,β-unsaturated/α-hetero) is 1. The highest BCUT2D eigenvalue weighted by molar-refractivity contribution is 9.10. The Balaban J connectivity index is 1.82. The summed E-state index contributed by atoms with van der Waals surface area (Å²) < 4.78 is 14.2. The van der Waals surface area contributed by atoms with Gasteiger partial charge in [-0.1, -0.05) is 52.3 Å². The number of hydrogen-bond acceptors (Lipinski definition) is 2. The summed E-state index contributed by atoms with van der Waals surface area (Å²) in [6, 6.07) is 18.9. The van der Waals surface area contributed by atoms with Crippen LogP contribution in [-0.4, -0.2) is 11.7 Å². The van der Waals surface area contributed by atoms with Crippen molar-refractivity contribution < 1.29 is 14.0 Å². The van der Waals surface area contributed by atoms with Crippen molar-refractivity contribution in [2.45, 2.75) is 6.54 Å². The van der Waals surface area contributed by atoms with Crippen LogP contribution in [0.15, 0.2) is 71.2 Å². The van der Waals surface area contributed by atoms with Crippen LogP contribution in [0.3, 0.4) is 0 Å². The summed E-state index contributed by atoms with van der Waals surface area (Å²) in [6.45, 7) is 0.295. The van der Waals surface area contributed by atoms with Crippen molar-refractivity contribution in [2.75, 3.05) is 4.90 Å². The Morgan fingerprint density at radius 1 is 0.846 bits per heavy atom. The minimum atomic E-state index is -0.544. The molecule has 5 heteroatoms. The van der Waals surface area contributed by atoms with Gasteiger partial charge in [-0.25, -0.2) is 4.39 Å². The fraction of sp³-hybridized carbons (Fsp3) is 0.0476. The van der Waals surface area contributed by atoms with E-state index in [9.17, 15) is 14.0 Å². The minimum absolute atomic E-state index is 0.295. The average Bonchev–Trinajstić information content (AvgIpc) is 2.89. The largest absolute Gasteiger partial charge is 0.300 e. The van der Waals surface area contributed by atoms with Crippen molar-refractivity contribution in [1.29, 1.82) is 0 Å². The molecule has 128 valence electrons. The number of amides is 1. The highest BCUT2D eigenvalue weighted by atomic mass is 79.9. The Morgan fingerprint density at radius 2 is 1.50 bits per heavy atom. The first-order valence-corrected chi connectivity index (χ1v) is 8.83. The Labute approximate surface area is 158 Å². The minimum Gasteiger partial charge on any atom is -0.300 e. The SMILES string of the molecule is O=C1C(=O)N(Cc2ccc(Br)cc2)c2c1cccc2-c1ccc(F)cc1. The summed E-state index contributed by atoms with van der Waals surface area (Å²) in [4.78, 5) is 26.5. The smallest absolute Gasteiger partial charge is 0.299 e. The number of para-hydroxylation sites is 1. The number of anilines is 1. The molecule has 1 amide bonds. The molecule has 0 saturated carbocycles. The van der Waals surface area contributed by atoms with Gasteiger partial charge in [0.05, 0.1) is 17.8 Å². The zero-order chi connectivity index (χ0) is 18.3. The van der Waals surface area contributed by atoms with Gasteiger partial charge in [0.1, 0.15) is 5.82 Å². The molecule has 0 aromatic heterocycles. The van der Waals surface area contributed by atoms with Gasteiger partial charge >= 0.3 is 0 Å². The highest BCUT2D eigenvalue weighted by Crippen LogP contribution is 2.39. The van der Waals surface area contributed by atoms with Crippen molar-refractivity contribution in [1.82, 2.24) is 0 Å². The van der Waals surface area contributed by atoms with E-state index in [1.807, 2.05) is 30.3 Å². The predicted molar refractivity (Wildman–Crippen MR) is 101 cm³/mol. The van der Waals surface area contributed by atoms with Gasteiger partial charge in [-0.15, -0.1) is 0 Å². The Kier molecular flexibility index (Phi) is 4.17. The van der Waals surface area contributed by atoms with Gasteiger partial charge in [-0.05, 0) is 41.5 Å². The van der Waals surface area contributed by atoms with Gasteiger partial charge in [-0.2, -0.15) is 0 Å². The summed E-state index contributed by atoms with van der Waals surface area (Å²) in [5.74, 6) is -1.39. The fourth-order valence-corrected chi connectivity index (χ4v) is 3.41. The molecule has 0 bridgehead atoms. The van der Waals surface area contributed by atoms with E-state index in [1.165, 1.54) is 17.0 Å². The summed E-state index contributed by atoms with van der Waals surface area (Å²) in [5.41, 5.74) is 3.37. The van der Waals surface area contributed by atoms with Gasteiger partial charge < -0.3 is 0 Å². The summed E-state index contributed by atoms with van der Waals surface area (Å²) in [7, 11) is 0. The van der Waals surface area contributed by atoms with Crippen LogP contribution in [0.2, 0.25) is 0 Å². The predicted octanol–water partition coefficient (Wildman–Crippen LogP) is 4.98. The average molecular weight is 410 g/mol. The Hall–Kier alpha value is -2.79. The van der Waals surface area contributed by atoms with Crippen LogP contribution >= 0.6 is 15.9 Å². The lowest BCUT2D eigenvalue weighted by atomic mass is 10.00. The molecule has 3 aromatic carbocycles. The Bertz CT molecular complexity index is 1010. The molecule has 0 N–H and O–H groups in total. The van der Waals surface area contributed by atoms with E-state index >= 15 is 0 Å². The molecule has 0 saturated heterocycles. The standard InChI is InChI=1S/C21H13BrFNO2/c22-15-8-4-13(5-9-15)12-24-19-17(14-6-10-16(23)11-7-14)2-1-3-18(19)20(25)21(24)26/h1-11H,12H2. The van der Waals surface area contributed by atoms with Crippen LogP contribution in [0.1, 0.15) is 15.9 Å². The number of rotatable bonds is 3. The van der Waals surface area contributed by atoms with Crippen LogP contribution in [0, 0.1) is 5.82 Å². The molecular weight excluding hydrogens is 397 g/mol. The number of ketones is 1. The van der Waals surface area contributed by atoms with Crippen molar-refractivity contribution in [3.05, 3.63) is 88.1 Å². The third-order valence-electron chi connectivity index (χ3n) is 4.40.